The first-order valence-electron chi connectivity index (χ1n) is 6.83. The predicted octanol–water partition coefficient (Wildman–Crippen LogP) is 1.69. The van der Waals surface area contributed by atoms with Crippen molar-refractivity contribution in [2.45, 2.75) is 19.3 Å². The van der Waals surface area contributed by atoms with Crippen molar-refractivity contribution in [1.29, 1.82) is 0 Å². The van der Waals surface area contributed by atoms with Crippen LogP contribution in [0.2, 0.25) is 0 Å². The van der Waals surface area contributed by atoms with Crippen molar-refractivity contribution in [2.75, 3.05) is 5.32 Å². The summed E-state index contributed by atoms with van der Waals surface area (Å²) in [4.78, 5) is 16.6. The van der Waals surface area contributed by atoms with Crippen molar-refractivity contribution < 1.29 is 9.21 Å². The minimum atomic E-state index is -0.0928. The molecule has 4 rings (SSSR count). The molecule has 7 heteroatoms. The lowest BCUT2D eigenvalue weighted by Crippen LogP contribution is -2.28. The summed E-state index contributed by atoms with van der Waals surface area (Å²) in [5.41, 5.74) is 3.87. The number of hydrogen-bond acceptors (Lipinski definition) is 5. The van der Waals surface area contributed by atoms with E-state index in [0.29, 0.717) is 23.2 Å². The lowest BCUT2D eigenvalue weighted by molar-refractivity contribution is -0.120. The van der Waals surface area contributed by atoms with Crippen molar-refractivity contribution in [3.63, 3.8) is 0 Å². The lowest BCUT2D eigenvalue weighted by Gasteiger charge is -2.19. The number of aromatic nitrogens is 4. The highest BCUT2D eigenvalue weighted by atomic mass is 16.3. The van der Waals surface area contributed by atoms with Crippen LogP contribution in [0.5, 0.6) is 0 Å². The summed E-state index contributed by atoms with van der Waals surface area (Å²) in [6.07, 6.45) is 3.55. The number of para-hydroxylation sites is 1. The number of carbonyl (C=O) groups is 1. The minimum Gasteiger partial charge on any atom is -0.443 e. The van der Waals surface area contributed by atoms with Gasteiger partial charge in [0.25, 0.3) is 0 Å². The average molecular weight is 283 g/mol. The maximum absolute atomic E-state index is 12.4. The van der Waals surface area contributed by atoms with E-state index in [4.69, 9.17) is 4.42 Å². The molecule has 0 saturated carbocycles. The zero-order valence-electron chi connectivity index (χ0n) is 11.2. The summed E-state index contributed by atoms with van der Waals surface area (Å²) in [5.74, 6) is -0.107. The fraction of sp³-hybridized carbons (Fsp3) is 0.286. The zero-order valence-corrected chi connectivity index (χ0v) is 11.2. The molecule has 0 bridgehead atoms. The Labute approximate surface area is 119 Å². The normalized spacial score (nSPS) is 17.6. The molecule has 0 aliphatic heterocycles. The maximum atomic E-state index is 12.4. The zero-order chi connectivity index (χ0) is 14.2. The molecule has 0 spiro atoms. The van der Waals surface area contributed by atoms with Gasteiger partial charge in [-0.2, -0.15) is 15.4 Å². The number of oxazole rings is 1. The van der Waals surface area contributed by atoms with Crippen molar-refractivity contribution >= 4 is 22.7 Å². The Morgan fingerprint density at radius 2 is 2.24 bits per heavy atom. The number of aromatic amines is 1. The summed E-state index contributed by atoms with van der Waals surface area (Å²) >= 11 is 0. The van der Waals surface area contributed by atoms with Gasteiger partial charge in [0.15, 0.2) is 12.0 Å². The molecule has 0 saturated heterocycles. The van der Waals surface area contributed by atoms with E-state index < -0.39 is 0 Å². The number of fused-ring (bicyclic) bond motifs is 2. The fourth-order valence-electron chi connectivity index (χ4n) is 2.73. The monoisotopic (exact) mass is 283 g/mol. The summed E-state index contributed by atoms with van der Waals surface area (Å²) in [6, 6.07) is 5.48. The van der Waals surface area contributed by atoms with E-state index >= 15 is 0 Å². The molecule has 0 fully saturated rings. The molecule has 1 aliphatic carbocycles. The predicted molar refractivity (Wildman–Crippen MR) is 74.5 cm³/mol. The van der Waals surface area contributed by atoms with Crippen LogP contribution in [0.15, 0.2) is 29.0 Å². The summed E-state index contributed by atoms with van der Waals surface area (Å²) < 4.78 is 5.24. The van der Waals surface area contributed by atoms with Gasteiger partial charge in [-0.15, -0.1) is 0 Å². The molecular formula is C14H13N5O2. The van der Waals surface area contributed by atoms with Gasteiger partial charge in [0, 0.05) is 12.3 Å². The second-order valence-electron chi connectivity index (χ2n) is 5.15. The van der Waals surface area contributed by atoms with Gasteiger partial charge >= 0.3 is 0 Å². The van der Waals surface area contributed by atoms with E-state index in [1.165, 1.54) is 6.39 Å². The highest BCUT2D eigenvalue weighted by Crippen LogP contribution is 2.26. The quantitative estimate of drug-likeness (QED) is 0.746. The Morgan fingerprint density at radius 3 is 3.19 bits per heavy atom. The molecule has 1 amide bonds. The molecule has 1 unspecified atom stereocenters. The van der Waals surface area contributed by atoms with Crippen molar-refractivity contribution in [1.82, 2.24) is 20.4 Å². The van der Waals surface area contributed by atoms with E-state index in [-0.39, 0.29) is 11.8 Å². The van der Waals surface area contributed by atoms with Gasteiger partial charge in [0.1, 0.15) is 5.52 Å². The highest BCUT2D eigenvalue weighted by Gasteiger charge is 2.27. The number of anilines is 1. The molecule has 7 nitrogen and oxygen atoms in total. The third-order valence-electron chi connectivity index (χ3n) is 3.86. The summed E-state index contributed by atoms with van der Waals surface area (Å²) in [7, 11) is 0. The van der Waals surface area contributed by atoms with Gasteiger partial charge in [-0.05, 0) is 25.0 Å². The Morgan fingerprint density at radius 1 is 1.33 bits per heavy atom. The molecule has 0 radical (unpaired) electrons. The smallest absolute Gasteiger partial charge is 0.227 e. The maximum Gasteiger partial charge on any atom is 0.227 e. The molecule has 2 N–H and O–H groups in total. The van der Waals surface area contributed by atoms with E-state index in [1.54, 1.807) is 0 Å². The SMILES string of the molecule is O=C(Nc1cccc2ocnc12)C1CCc2n[nH]nc2C1. The Balaban J connectivity index is 1.55. The van der Waals surface area contributed by atoms with E-state index in [1.807, 2.05) is 18.2 Å². The van der Waals surface area contributed by atoms with Crippen molar-refractivity contribution in [3.05, 3.63) is 36.0 Å². The molecule has 1 atom stereocenters. The molecular weight excluding hydrogens is 270 g/mol. The fourth-order valence-corrected chi connectivity index (χ4v) is 2.73. The summed E-state index contributed by atoms with van der Waals surface area (Å²) in [5, 5.41) is 13.7. The van der Waals surface area contributed by atoms with E-state index in [0.717, 1.165) is 24.2 Å². The topological polar surface area (TPSA) is 96.7 Å². The van der Waals surface area contributed by atoms with Gasteiger partial charge in [-0.25, -0.2) is 4.98 Å². The second kappa shape index (κ2) is 4.69. The Hall–Kier alpha value is -2.70. The number of H-pyrrole nitrogens is 1. The van der Waals surface area contributed by atoms with Crippen molar-refractivity contribution in [2.24, 2.45) is 5.92 Å². The van der Waals surface area contributed by atoms with Crippen LogP contribution in [-0.4, -0.2) is 26.3 Å². The van der Waals surface area contributed by atoms with Crippen molar-refractivity contribution in [3.8, 4) is 0 Å². The minimum absolute atomic E-state index is 0.0147. The van der Waals surface area contributed by atoms with Crippen LogP contribution in [0.25, 0.3) is 11.1 Å². The van der Waals surface area contributed by atoms with E-state index in [2.05, 4.69) is 25.7 Å². The van der Waals surface area contributed by atoms with Crippen LogP contribution in [-0.2, 0) is 17.6 Å². The third kappa shape index (κ3) is 2.06. The number of nitrogens with zero attached hydrogens (tertiary/aromatic N) is 3. The second-order valence-corrected chi connectivity index (χ2v) is 5.15. The van der Waals surface area contributed by atoms with Crippen LogP contribution < -0.4 is 5.32 Å². The van der Waals surface area contributed by atoms with Crippen LogP contribution in [0, 0.1) is 5.92 Å². The molecule has 1 aliphatic rings. The van der Waals surface area contributed by atoms with Crippen LogP contribution in [0.4, 0.5) is 5.69 Å². The number of aryl methyl sites for hydroxylation is 1. The first-order chi connectivity index (χ1) is 10.3. The standard InChI is InChI=1S/C14H13N5O2/c20-14(8-4-5-9-11(6-8)18-19-17-9)16-10-2-1-3-12-13(10)15-7-21-12/h1-3,7-8H,4-6H2,(H,16,20)(H,17,18,19). The molecule has 2 aromatic heterocycles. The van der Waals surface area contributed by atoms with Gasteiger partial charge in [0.2, 0.25) is 5.91 Å². The molecule has 3 aromatic rings. The van der Waals surface area contributed by atoms with Crippen LogP contribution in [0.3, 0.4) is 0 Å². The number of benzene rings is 1. The Kier molecular flexibility index (Phi) is 2.70. The first-order valence-corrected chi connectivity index (χ1v) is 6.83. The number of rotatable bonds is 2. The van der Waals surface area contributed by atoms with E-state index in [9.17, 15) is 4.79 Å². The third-order valence-corrected chi connectivity index (χ3v) is 3.86. The average Bonchev–Trinajstić information content (AvgIpc) is 3.15. The van der Waals surface area contributed by atoms with Gasteiger partial charge in [-0.1, -0.05) is 6.07 Å². The number of hydrogen-bond donors (Lipinski definition) is 2. The molecule has 2 heterocycles. The van der Waals surface area contributed by atoms with Gasteiger partial charge in [-0.3, -0.25) is 4.79 Å². The lowest BCUT2D eigenvalue weighted by atomic mass is 9.89. The van der Waals surface area contributed by atoms with Gasteiger partial charge < -0.3 is 9.73 Å². The Bertz CT molecular complexity index is 806. The first kappa shape index (κ1) is 12.1. The number of amides is 1. The van der Waals surface area contributed by atoms with Crippen LogP contribution in [0.1, 0.15) is 17.8 Å². The highest BCUT2D eigenvalue weighted by molar-refractivity contribution is 5.99. The van der Waals surface area contributed by atoms with Gasteiger partial charge in [0.05, 0.1) is 17.1 Å². The molecule has 1 aromatic carbocycles. The molecule has 21 heavy (non-hydrogen) atoms. The summed E-state index contributed by atoms with van der Waals surface area (Å²) in [6.45, 7) is 0. The largest absolute Gasteiger partial charge is 0.443 e. The van der Waals surface area contributed by atoms with Crippen LogP contribution >= 0.6 is 0 Å². The molecule has 106 valence electrons. The number of carbonyl (C=O) groups excluding carboxylic acids is 1. The number of nitrogens with one attached hydrogen (secondary N) is 2.